The van der Waals surface area contributed by atoms with Crippen LogP contribution in [-0.4, -0.2) is 41.4 Å². The van der Waals surface area contributed by atoms with E-state index < -0.39 is 0 Å². The van der Waals surface area contributed by atoms with Crippen molar-refractivity contribution < 1.29 is 9.63 Å². The molecule has 0 saturated heterocycles. The number of aromatic nitrogens is 6. The molecule has 1 N–H and O–H groups in total. The van der Waals surface area contributed by atoms with E-state index in [1.165, 1.54) is 0 Å². The molecule has 3 heterocycles. The molecule has 20 heavy (non-hydrogen) atoms. The van der Waals surface area contributed by atoms with Gasteiger partial charge in [0.15, 0.2) is 5.82 Å². The lowest BCUT2D eigenvalue weighted by Gasteiger charge is -1.96. The molecule has 0 aliphatic carbocycles. The third-order valence-corrected chi connectivity index (χ3v) is 2.80. The predicted octanol–water partition coefficient (Wildman–Crippen LogP) is 0.833. The second-order valence-electron chi connectivity index (χ2n) is 4.73. The highest BCUT2D eigenvalue weighted by molar-refractivity contribution is 5.44. The van der Waals surface area contributed by atoms with Gasteiger partial charge in [-0.2, -0.15) is 9.97 Å². The van der Waals surface area contributed by atoms with Gasteiger partial charge in [-0.3, -0.25) is 0 Å². The largest absolute Gasteiger partial charge is 0.396 e. The molecule has 0 aromatic carbocycles. The van der Waals surface area contributed by atoms with E-state index in [2.05, 4.69) is 25.2 Å². The van der Waals surface area contributed by atoms with Crippen LogP contribution in [0.25, 0.3) is 17.5 Å². The maximum absolute atomic E-state index is 8.92. The number of fused-ring (bicyclic) bond motifs is 1. The summed E-state index contributed by atoms with van der Waals surface area (Å²) in [6.45, 7) is 4.03. The Kier molecular flexibility index (Phi) is 3.15. The van der Waals surface area contributed by atoms with Gasteiger partial charge >= 0.3 is 0 Å². The van der Waals surface area contributed by atoms with Gasteiger partial charge in [-0.1, -0.05) is 19.0 Å². The van der Waals surface area contributed by atoms with Gasteiger partial charge in [-0.15, -0.1) is 5.10 Å². The molecule has 0 atom stereocenters. The van der Waals surface area contributed by atoms with Crippen LogP contribution in [0.3, 0.4) is 0 Å². The summed E-state index contributed by atoms with van der Waals surface area (Å²) in [6.07, 6.45) is 3.96. The molecule has 8 nitrogen and oxygen atoms in total. The first-order valence-electron chi connectivity index (χ1n) is 6.33. The van der Waals surface area contributed by atoms with E-state index in [1.54, 1.807) is 16.9 Å². The van der Waals surface area contributed by atoms with Crippen molar-refractivity contribution in [3.63, 3.8) is 0 Å². The normalized spacial score (nSPS) is 11.6. The Bertz CT molecular complexity index is 732. The Morgan fingerprint density at radius 3 is 2.90 bits per heavy atom. The summed E-state index contributed by atoms with van der Waals surface area (Å²) in [6, 6.07) is 0. The van der Waals surface area contributed by atoms with Gasteiger partial charge in [-0.05, 0) is 12.0 Å². The molecule has 0 bridgehead atoms. The Balaban J connectivity index is 1.99. The van der Waals surface area contributed by atoms with Crippen molar-refractivity contribution in [3.8, 4) is 11.7 Å². The third-order valence-electron chi connectivity index (χ3n) is 2.80. The Morgan fingerprint density at radius 2 is 2.20 bits per heavy atom. The van der Waals surface area contributed by atoms with Crippen LogP contribution in [0.5, 0.6) is 0 Å². The molecular weight excluding hydrogens is 260 g/mol. The molecule has 0 amide bonds. The van der Waals surface area contributed by atoms with Gasteiger partial charge in [0.25, 0.3) is 11.7 Å². The summed E-state index contributed by atoms with van der Waals surface area (Å²) in [4.78, 5) is 12.7. The van der Waals surface area contributed by atoms with E-state index >= 15 is 0 Å². The van der Waals surface area contributed by atoms with E-state index in [0.29, 0.717) is 23.8 Å². The molecule has 3 rings (SSSR count). The quantitative estimate of drug-likeness (QED) is 0.751. The molecule has 3 aromatic heterocycles. The summed E-state index contributed by atoms with van der Waals surface area (Å²) in [5.41, 5.74) is 0.879. The zero-order valence-electron chi connectivity index (χ0n) is 11.2. The van der Waals surface area contributed by atoms with E-state index in [1.807, 2.05) is 13.8 Å². The van der Waals surface area contributed by atoms with Crippen LogP contribution >= 0.6 is 0 Å². The van der Waals surface area contributed by atoms with Crippen molar-refractivity contribution >= 4 is 5.78 Å². The first-order chi connectivity index (χ1) is 9.67. The number of hydrogen-bond donors (Lipinski definition) is 1. The van der Waals surface area contributed by atoms with Gasteiger partial charge in [0.05, 0.1) is 0 Å². The average Bonchev–Trinajstić information content (AvgIpc) is 3.05. The van der Waals surface area contributed by atoms with Crippen molar-refractivity contribution in [3.05, 3.63) is 23.8 Å². The highest BCUT2D eigenvalue weighted by Gasteiger charge is 2.16. The minimum absolute atomic E-state index is 0.0656. The molecule has 0 unspecified atom stereocenters. The fourth-order valence-electron chi connectivity index (χ4n) is 1.73. The first kappa shape index (κ1) is 12.7. The van der Waals surface area contributed by atoms with Gasteiger partial charge in [-0.25, -0.2) is 9.50 Å². The lowest BCUT2D eigenvalue weighted by atomic mass is 10.2. The van der Waals surface area contributed by atoms with Crippen molar-refractivity contribution in [2.45, 2.75) is 26.2 Å². The van der Waals surface area contributed by atoms with E-state index in [-0.39, 0.29) is 18.4 Å². The zero-order chi connectivity index (χ0) is 14.1. The Morgan fingerprint density at radius 1 is 1.35 bits per heavy atom. The van der Waals surface area contributed by atoms with Gasteiger partial charge in [0.2, 0.25) is 5.82 Å². The summed E-state index contributed by atoms with van der Waals surface area (Å²) >= 11 is 0. The Labute approximate surface area is 114 Å². The van der Waals surface area contributed by atoms with Crippen molar-refractivity contribution in [1.29, 1.82) is 0 Å². The highest BCUT2D eigenvalue weighted by atomic mass is 16.5. The highest BCUT2D eigenvalue weighted by Crippen LogP contribution is 2.17. The molecule has 0 spiro atoms. The molecule has 0 saturated carbocycles. The number of nitrogens with zero attached hydrogens (tertiary/aromatic N) is 6. The van der Waals surface area contributed by atoms with Gasteiger partial charge in [0.1, 0.15) is 0 Å². The zero-order valence-corrected chi connectivity index (χ0v) is 11.2. The van der Waals surface area contributed by atoms with E-state index in [0.717, 1.165) is 5.56 Å². The molecular formula is C12H14N6O2. The summed E-state index contributed by atoms with van der Waals surface area (Å²) in [5.74, 6) is 1.87. The topological polar surface area (TPSA) is 102 Å². The number of aliphatic hydroxyl groups excluding tert-OH is 1. The van der Waals surface area contributed by atoms with E-state index in [4.69, 9.17) is 9.63 Å². The molecule has 0 fully saturated rings. The van der Waals surface area contributed by atoms with Crippen molar-refractivity contribution in [1.82, 2.24) is 29.7 Å². The minimum Gasteiger partial charge on any atom is -0.396 e. The second kappa shape index (κ2) is 4.97. The van der Waals surface area contributed by atoms with E-state index in [9.17, 15) is 0 Å². The maximum Gasteiger partial charge on any atom is 0.297 e. The number of rotatable bonds is 4. The second-order valence-corrected chi connectivity index (χ2v) is 4.73. The van der Waals surface area contributed by atoms with Crippen LogP contribution in [-0.2, 0) is 6.42 Å². The van der Waals surface area contributed by atoms with Crippen LogP contribution < -0.4 is 0 Å². The molecule has 8 heteroatoms. The van der Waals surface area contributed by atoms with Gasteiger partial charge < -0.3 is 9.63 Å². The first-order valence-corrected chi connectivity index (χ1v) is 6.33. The van der Waals surface area contributed by atoms with Crippen LogP contribution in [0.1, 0.15) is 31.2 Å². The predicted molar refractivity (Wildman–Crippen MR) is 69.0 cm³/mol. The van der Waals surface area contributed by atoms with Crippen molar-refractivity contribution in [2.75, 3.05) is 6.61 Å². The molecule has 3 aromatic rings. The van der Waals surface area contributed by atoms with Crippen molar-refractivity contribution in [2.24, 2.45) is 0 Å². The maximum atomic E-state index is 8.92. The van der Waals surface area contributed by atoms with Crippen LogP contribution in [0.4, 0.5) is 0 Å². The lowest BCUT2D eigenvalue weighted by molar-refractivity contribution is 0.299. The SMILES string of the molecule is CC(C)c1noc(-c2nc3ncc(CCO)cn3n2)n1. The fourth-order valence-corrected chi connectivity index (χ4v) is 1.73. The lowest BCUT2D eigenvalue weighted by Crippen LogP contribution is -1.97. The standard InChI is InChI=1S/C12H14N6O2/c1-7(2)9-14-11(20-17-9)10-15-12-13-5-8(3-4-19)6-18(12)16-10/h5-7,19H,3-4H2,1-2H3. The van der Waals surface area contributed by atoms with Gasteiger partial charge in [0, 0.05) is 24.9 Å². The fraction of sp³-hybridized carbons (Fsp3) is 0.417. The van der Waals surface area contributed by atoms with Crippen LogP contribution in [0.2, 0.25) is 0 Å². The summed E-state index contributed by atoms with van der Waals surface area (Å²) in [7, 11) is 0. The molecule has 0 radical (unpaired) electrons. The molecule has 0 aliphatic rings. The monoisotopic (exact) mass is 274 g/mol. The molecule has 104 valence electrons. The smallest absolute Gasteiger partial charge is 0.297 e. The molecule has 0 aliphatic heterocycles. The number of hydrogen-bond acceptors (Lipinski definition) is 7. The summed E-state index contributed by atoms with van der Waals surface area (Å²) < 4.78 is 6.69. The number of aliphatic hydroxyl groups is 1. The summed E-state index contributed by atoms with van der Waals surface area (Å²) in [5, 5.41) is 17.1. The van der Waals surface area contributed by atoms with Crippen LogP contribution in [0, 0.1) is 0 Å². The Hall–Kier alpha value is -2.35. The van der Waals surface area contributed by atoms with Crippen LogP contribution in [0.15, 0.2) is 16.9 Å². The average molecular weight is 274 g/mol. The third kappa shape index (κ3) is 2.25. The minimum atomic E-state index is 0.0656.